The van der Waals surface area contributed by atoms with Gasteiger partial charge in [0, 0.05) is 36.4 Å². The van der Waals surface area contributed by atoms with Crippen molar-refractivity contribution in [1.82, 2.24) is 19.7 Å². The highest BCUT2D eigenvalue weighted by molar-refractivity contribution is 5.93. The predicted molar refractivity (Wildman–Crippen MR) is 150 cm³/mol. The summed E-state index contributed by atoms with van der Waals surface area (Å²) in [5, 5.41) is 4.72. The van der Waals surface area contributed by atoms with Gasteiger partial charge in [-0.25, -0.2) is 14.5 Å². The number of pyridine rings is 1. The van der Waals surface area contributed by atoms with Gasteiger partial charge in [-0.15, -0.1) is 0 Å². The molecule has 1 fully saturated rings. The number of rotatable bonds is 7. The molecule has 1 atom stereocenters. The minimum atomic E-state index is -0.578. The molecule has 5 rings (SSSR count). The third-order valence-electron chi connectivity index (χ3n) is 7.38. The number of ether oxygens (including phenoxy) is 2. The van der Waals surface area contributed by atoms with Crippen molar-refractivity contribution in [1.29, 1.82) is 0 Å². The Morgan fingerprint density at radius 3 is 2.58 bits per heavy atom. The number of hydrogen-bond acceptors (Lipinski definition) is 8. The Morgan fingerprint density at radius 1 is 1.15 bits per heavy atom. The van der Waals surface area contributed by atoms with Crippen molar-refractivity contribution in [2.24, 2.45) is 10.9 Å². The molecular formula is C31H33N5O4. The van der Waals surface area contributed by atoms with Crippen LogP contribution in [0.3, 0.4) is 0 Å². The first-order valence-corrected chi connectivity index (χ1v) is 13.6. The maximum Gasteiger partial charge on any atom is 0.374 e. The number of aromatic nitrogens is 3. The number of hydrogen-bond donors (Lipinski definition) is 0. The van der Waals surface area contributed by atoms with E-state index in [-0.39, 0.29) is 24.4 Å². The van der Waals surface area contributed by atoms with Gasteiger partial charge < -0.3 is 9.47 Å². The van der Waals surface area contributed by atoms with Gasteiger partial charge in [-0.2, -0.15) is 5.10 Å². The van der Waals surface area contributed by atoms with Gasteiger partial charge in [0.2, 0.25) is 5.76 Å². The standard InChI is InChI=1S/C31H33N5O4/c1-5-39-31(38)29(40-20(2)37)23-13-11-22(12-14-23)27-17-28(35(3)4)36-30(34-27)25(19-33-36)24-15-16-26(32-18-24)21-9-7-6-8-10-21/h6-7,9,15-16,18-19,22,28H,5,11-14,17H2,1-4H3. The van der Waals surface area contributed by atoms with Crippen LogP contribution in [0.5, 0.6) is 0 Å². The second-order valence-electron chi connectivity index (χ2n) is 10.2. The van der Waals surface area contributed by atoms with Gasteiger partial charge in [-0.3, -0.25) is 14.7 Å². The first kappa shape index (κ1) is 27.3. The van der Waals surface area contributed by atoms with Crippen LogP contribution in [-0.2, 0) is 19.1 Å². The summed E-state index contributed by atoms with van der Waals surface area (Å²) in [6, 6.07) is 15.8. The SMILES string of the molecule is CCOC(=O)C(OC(C)=O)=C1CCC(C2=Nc3c(-c4ccc(-c5c#cccc5)nc4)cnn3C(N(C)C)C2)CC1. The molecule has 0 amide bonds. The molecule has 0 saturated heterocycles. The summed E-state index contributed by atoms with van der Waals surface area (Å²) in [5.41, 5.74) is 5.56. The number of esters is 2. The molecule has 206 valence electrons. The van der Waals surface area contributed by atoms with Gasteiger partial charge >= 0.3 is 11.9 Å². The van der Waals surface area contributed by atoms with Gasteiger partial charge in [-0.05, 0) is 76.4 Å². The fraction of sp³-hybridized carbons (Fsp3) is 0.387. The van der Waals surface area contributed by atoms with E-state index in [1.807, 2.05) is 47.4 Å². The van der Waals surface area contributed by atoms with Crippen molar-refractivity contribution in [2.75, 3.05) is 20.7 Å². The summed E-state index contributed by atoms with van der Waals surface area (Å²) < 4.78 is 12.4. The molecule has 9 nitrogen and oxygen atoms in total. The Morgan fingerprint density at radius 2 is 1.95 bits per heavy atom. The van der Waals surface area contributed by atoms with E-state index in [1.165, 1.54) is 6.92 Å². The van der Waals surface area contributed by atoms with E-state index in [4.69, 9.17) is 19.6 Å². The Bertz CT molecular complexity index is 1430. The summed E-state index contributed by atoms with van der Waals surface area (Å²) in [6.45, 7) is 3.25. The highest BCUT2D eigenvalue weighted by atomic mass is 16.6. The number of fused-ring (bicyclic) bond motifs is 1. The van der Waals surface area contributed by atoms with Crippen LogP contribution in [0, 0.1) is 18.1 Å². The van der Waals surface area contributed by atoms with E-state index in [9.17, 15) is 9.59 Å². The molecule has 3 aromatic rings. The molecule has 0 bridgehead atoms. The molecule has 2 aromatic heterocycles. The predicted octanol–water partition coefficient (Wildman–Crippen LogP) is 5.32. The summed E-state index contributed by atoms with van der Waals surface area (Å²) in [4.78, 5) is 36.1. The molecule has 0 N–H and O–H groups in total. The lowest BCUT2D eigenvalue weighted by atomic mass is 9.81. The average molecular weight is 540 g/mol. The second kappa shape index (κ2) is 11.8. The number of aliphatic imine (C=N–C) groups is 1. The normalized spacial score (nSPS) is 18.4. The van der Waals surface area contributed by atoms with Gasteiger partial charge in [0.05, 0.1) is 24.1 Å². The van der Waals surface area contributed by atoms with Crippen molar-refractivity contribution in [3.05, 3.63) is 66.2 Å². The van der Waals surface area contributed by atoms with Crippen LogP contribution in [0.15, 0.2) is 59.1 Å². The van der Waals surface area contributed by atoms with Crippen LogP contribution in [0.4, 0.5) is 5.82 Å². The number of allylic oxidation sites excluding steroid dienone is 1. The Labute approximate surface area is 234 Å². The molecule has 0 radical (unpaired) electrons. The van der Waals surface area contributed by atoms with Crippen LogP contribution in [0.25, 0.3) is 22.4 Å². The van der Waals surface area contributed by atoms with Crippen molar-refractivity contribution >= 4 is 23.5 Å². The topological polar surface area (TPSA) is 98.9 Å². The minimum Gasteiger partial charge on any atom is -0.460 e. The molecular weight excluding hydrogens is 506 g/mol. The fourth-order valence-corrected chi connectivity index (χ4v) is 5.34. The van der Waals surface area contributed by atoms with Crippen molar-refractivity contribution in [3.63, 3.8) is 0 Å². The molecule has 40 heavy (non-hydrogen) atoms. The van der Waals surface area contributed by atoms with E-state index < -0.39 is 11.9 Å². The zero-order chi connectivity index (χ0) is 28.2. The average Bonchev–Trinajstić information content (AvgIpc) is 3.40. The van der Waals surface area contributed by atoms with Crippen LogP contribution in [0.2, 0.25) is 0 Å². The highest BCUT2D eigenvalue weighted by Gasteiger charge is 2.33. The molecule has 0 spiro atoms. The van der Waals surface area contributed by atoms with Crippen molar-refractivity contribution < 1.29 is 19.1 Å². The molecule has 1 unspecified atom stereocenters. The zero-order valence-corrected chi connectivity index (χ0v) is 23.3. The monoisotopic (exact) mass is 539 g/mol. The summed E-state index contributed by atoms with van der Waals surface area (Å²) >= 11 is 0. The molecule has 2 aliphatic rings. The second-order valence-corrected chi connectivity index (χ2v) is 10.2. The Kier molecular flexibility index (Phi) is 8.08. The lowest BCUT2D eigenvalue weighted by molar-refractivity contribution is -0.150. The molecule has 1 aliphatic carbocycles. The number of carbonyl (C=O) groups excluding carboxylic acids is 2. The number of carbonyl (C=O) groups is 2. The fourth-order valence-electron chi connectivity index (χ4n) is 5.34. The van der Waals surface area contributed by atoms with Gasteiger partial charge in [-0.1, -0.05) is 24.3 Å². The van der Waals surface area contributed by atoms with Crippen LogP contribution in [-0.4, -0.2) is 58.0 Å². The lowest BCUT2D eigenvalue weighted by Crippen LogP contribution is -2.34. The Balaban J connectivity index is 1.41. The minimum absolute atomic E-state index is 0.0333. The summed E-state index contributed by atoms with van der Waals surface area (Å²) in [6.07, 6.45) is 7.41. The van der Waals surface area contributed by atoms with E-state index in [0.717, 1.165) is 58.7 Å². The van der Waals surface area contributed by atoms with Crippen LogP contribution in [0.1, 0.15) is 52.1 Å². The maximum atomic E-state index is 12.5. The van der Waals surface area contributed by atoms with Gasteiger partial charge in [0.1, 0.15) is 6.17 Å². The molecule has 3 heterocycles. The third kappa shape index (κ3) is 5.68. The van der Waals surface area contributed by atoms with Crippen molar-refractivity contribution in [2.45, 2.75) is 52.1 Å². The zero-order valence-electron chi connectivity index (χ0n) is 23.3. The van der Waals surface area contributed by atoms with E-state index in [1.54, 1.807) is 6.92 Å². The maximum absolute atomic E-state index is 12.5. The van der Waals surface area contributed by atoms with Gasteiger partial charge in [0.15, 0.2) is 5.82 Å². The summed E-state index contributed by atoms with van der Waals surface area (Å²) in [7, 11) is 4.10. The van der Waals surface area contributed by atoms with E-state index >= 15 is 0 Å². The number of nitrogens with zero attached hydrogens (tertiary/aromatic N) is 5. The molecule has 1 saturated carbocycles. The van der Waals surface area contributed by atoms with E-state index in [0.29, 0.717) is 12.8 Å². The van der Waals surface area contributed by atoms with Gasteiger partial charge in [0.25, 0.3) is 0 Å². The highest BCUT2D eigenvalue weighted by Crippen LogP contribution is 2.41. The lowest BCUT2D eigenvalue weighted by Gasteiger charge is -2.34. The molecule has 9 heteroatoms. The van der Waals surface area contributed by atoms with Crippen molar-refractivity contribution in [3.8, 4) is 22.4 Å². The third-order valence-corrected chi connectivity index (χ3v) is 7.38. The molecule has 1 aliphatic heterocycles. The van der Waals surface area contributed by atoms with Crippen LogP contribution < -0.4 is 0 Å². The largest absolute Gasteiger partial charge is 0.460 e. The van der Waals surface area contributed by atoms with E-state index in [2.05, 4.69) is 36.1 Å². The first-order chi connectivity index (χ1) is 19.4. The Hall–Kier alpha value is -4.29. The smallest absolute Gasteiger partial charge is 0.374 e. The summed E-state index contributed by atoms with van der Waals surface area (Å²) in [5.74, 6) is 0.0141. The first-order valence-electron chi connectivity index (χ1n) is 13.6. The van der Waals surface area contributed by atoms with Crippen LogP contribution >= 0.6 is 0 Å². The quantitative estimate of drug-likeness (QED) is 0.228. The molecule has 1 aromatic carbocycles.